The second kappa shape index (κ2) is 9.16. The van der Waals surface area contributed by atoms with Crippen molar-refractivity contribution in [1.29, 1.82) is 0 Å². The van der Waals surface area contributed by atoms with E-state index in [1.54, 1.807) is 20.9 Å². The molecule has 0 bridgehead atoms. The van der Waals surface area contributed by atoms with Crippen molar-refractivity contribution in [3.8, 4) is 0 Å². The number of carbonyl (C=O) groups is 3. The topological polar surface area (TPSA) is 72.9 Å². The minimum Gasteiger partial charge on any atom is -0.465 e. The maximum absolute atomic E-state index is 12.8. The molecule has 140 valence electrons. The van der Waals surface area contributed by atoms with E-state index in [0.717, 1.165) is 14.7 Å². The van der Waals surface area contributed by atoms with E-state index in [4.69, 9.17) is 9.47 Å². The molecule has 0 aromatic heterocycles. The average Bonchev–Trinajstić information content (AvgIpc) is 2.91. The van der Waals surface area contributed by atoms with Crippen molar-refractivity contribution in [2.45, 2.75) is 13.8 Å². The van der Waals surface area contributed by atoms with Crippen LogP contribution >= 0.6 is 22.6 Å². The number of nitrogens with zero attached hydrogens (tertiary/aromatic N) is 1. The SMILES string of the molecule is CCOC(=O)C(C(=O)OCC)C1C(=O)N(C)C/C1=C(/I)c1ccccc1. The van der Waals surface area contributed by atoms with E-state index < -0.39 is 23.8 Å². The monoisotopic (exact) mass is 471 g/mol. The van der Waals surface area contributed by atoms with Crippen LogP contribution in [0.2, 0.25) is 0 Å². The molecule has 1 aliphatic rings. The fraction of sp³-hybridized carbons (Fsp3) is 0.421. The fourth-order valence-corrected chi connectivity index (χ4v) is 3.84. The van der Waals surface area contributed by atoms with Crippen molar-refractivity contribution < 1.29 is 23.9 Å². The van der Waals surface area contributed by atoms with Crippen LogP contribution < -0.4 is 0 Å². The number of ether oxygens (including phenoxy) is 2. The molecule has 0 radical (unpaired) electrons. The summed E-state index contributed by atoms with van der Waals surface area (Å²) in [5, 5.41) is 0. The molecule has 1 aromatic rings. The van der Waals surface area contributed by atoms with Gasteiger partial charge in [0.25, 0.3) is 0 Å². The zero-order valence-corrected chi connectivity index (χ0v) is 17.2. The van der Waals surface area contributed by atoms with Gasteiger partial charge in [0.2, 0.25) is 5.91 Å². The van der Waals surface area contributed by atoms with E-state index in [1.165, 1.54) is 4.90 Å². The second-order valence-electron chi connectivity index (χ2n) is 5.86. The maximum atomic E-state index is 12.8. The van der Waals surface area contributed by atoms with Crippen molar-refractivity contribution >= 4 is 44.0 Å². The summed E-state index contributed by atoms with van der Waals surface area (Å²) in [6, 6.07) is 9.56. The minimum absolute atomic E-state index is 0.125. The first-order valence-electron chi connectivity index (χ1n) is 8.44. The number of amides is 1. The van der Waals surface area contributed by atoms with Gasteiger partial charge in [-0.3, -0.25) is 14.4 Å². The molecule has 0 spiro atoms. The highest BCUT2D eigenvalue weighted by Crippen LogP contribution is 2.39. The van der Waals surface area contributed by atoms with Gasteiger partial charge in [-0.05, 0) is 47.6 Å². The first kappa shape index (κ1) is 20.4. The van der Waals surface area contributed by atoms with Crippen molar-refractivity contribution in [2.24, 2.45) is 11.8 Å². The number of esters is 2. The number of likely N-dealkylation sites (tertiary alicyclic amines) is 1. The lowest BCUT2D eigenvalue weighted by molar-refractivity contribution is -0.165. The quantitative estimate of drug-likeness (QED) is 0.363. The Morgan fingerprint density at radius 3 is 2.19 bits per heavy atom. The first-order valence-corrected chi connectivity index (χ1v) is 9.52. The first-order chi connectivity index (χ1) is 12.4. The Morgan fingerprint density at radius 1 is 1.15 bits per heavy atom. The van der Waals surface area contributed by atoms with E-state index in [2.05, 4.69) is 22.6 Å². The van der Waals surface area contributed by atoms with Crippen molar-refractivity contribution in [3.63, 3.8) is 0 Å². The van der Waals surface area contributed by atoms with Gasteiger partial charge < -0.3 is 14.4 Å². The van der Waals surface area contributed by atoms with E-state index in [9.17, 15) is 14.4 Å². The summed E-state index contributed by atoms with van der Waals surface area (Å²) in [7, 11) is 1.66. The molecule has 2 rings (SSSR count). The summed E-state index contributed by atoms with van der Waals surface area (Å²) in [5.74, 6) is -3.94. The number of halogens is 1. The van der Waals surface area contributed by atoms with E-state index >= 15 is 0 Å². The predicted molar refractivity (Wildman–Crippen MR) is 105 cm³/mol. The number of hydrogen-bond acceptors (Lipinski definition) is 5. The van der Waals surface area contributed by atoms with Crippen LogP contribution in [0.5, 0.6) is 0 Å². The molecule has 26 heavy (non-hydrogen) atoms. The minimum atomic E-state index is -1.30. The summed E-state index contributed by atoms with van der Waals surface area (Å²) >= 11 is 2.16. The molecular formula is C19H22INO5. The largest absolute Gasteiger partial charge is 0.465 e. The summed E-state index contributed by atoms with van der Waals surface area (Å²) in [6.45, 7) is 3.92. The van der Waals surface area contributed by atoms with Gasteiger partial charge in [-0.15, -0.1) is 0 Å². The Labute approximate surface area is 166 Å². The zero-order valence-electron chi connectivity index (χ0n) is 15.0. The van der Waals surface area contributed by atoms with Crippen LogP contribution in [-0.4, -0.2) is 49.6 Å². The van der Waals surface area contributed by atoms with Crippen LogP contribution in [0.3, 0.4) is 0 Å². The lowest BCUT2D eigenvalue weighted by Crippen LogP contribution is -2.39. The number of carbonyl (C=O) groups excluding carboxylic acids is 3. The van der Waals surface area contributed by atoms with Crippen LogP contribution in [-0.2, 0) is 23.9 Å². The maximum Gasteiger partial charge on any atom is 0.321 e. The van der Waals surface area contributed by atoms with Gasteiger partial charge in [-0.25, -0.2) is 0 Å². The molecular weight excluding hydrogens is 449 g/mol. The van der Waals surface area contributed by atoms with Crippen LogP contribution in [0.25, 0.3) is 3.58 Å². The van der Waals surface area contributed by atoms with E-state index in [-0.39, 0.29) is 19.1 Å². The molecule has 0 saturated carbocycles. The molecule has 7 heteroatoms. The Morgan fingerprint density at radius 2 is 1.69 bits per heavy atom. The lowest BCUT2D eigenvalue weighted by Gasteiger charge is -2.21. The van der Waals surface area contributed by atoms with Crippen LogP contribution in [0.4, 0.5) is 0 Å². The third-order valence-corrected chi connectivity index (χ3v) is 5.46. The number of hydrogen-bond donors (Lipinski definition) is 0. The van der Waals surface area contributed by atoms with E-state index in [1.807, 2.05) is 30.3 Å². The van der Waals surface area contributed by atoms with Gasteiger partial charge in [0.05, 0.1) is 19.1 Å². The normalized spacial score (nSPS) is 18.9. The standard InChI is InChI=1S/C19H22INO5/c1-4-25-18(23)15(19(24)26-5-2)14-13(11-21(3)17(14)22)16(20)12-9-7-6-8-10-12/h6-10,14-15H,4-5,11H2,1-3H3/b16-13-. The molecule has 1 amide bonds. The van der Waals surface area contributed by atoms with Crippen LogP contribution in [0, 0.1) is 11.8 Å². The summed E-state index contributed by atoms with van der Waals surface area (Å²) in [5.41, 5.74) is 1.66. The van der Waals surface area contributed by atoms with Crippen molar-refractivity contribution in [2.75, 3.05) is 26.8 Å². The lowest BCUT2D eigenvalue weighted by atomic mass is 9.86. The highest BCUT2D eigenvalue weighted by molar-refractivity contribution is 14.1. The molecule has 1 atom stereocenters. The van der Waals surface area contributed by atoms with Crippen LogP contribution in [0.15, 0.2) is 35.9 Å². The molecule has 0 aliphatic carbocycles. The number of benzene rings is 1. The third-order valence-electron chi connectivity index (χ3n) is 4.15. The predicted octanol–water partition coefficient (Wildman–Crippen LogP) is 2.66. The molecule has 1 saturated heterocycles. The smallest absolute Gasteiger partial charge is 0.321 e. The van der Waals surface area contributed by atoms with Gasteiger partial charge >= 0.3 is 11.9 Å². The third kappa shape index (κ3) is 4.25. The summed E-state index contributed by atoms with van der Waals surface area (Å²) in [4.78, 5) is 39.3. The number of rotatable bonds is 6. The Bertz CT molecular complexity index is 698. The molecule has 0 N–H and O–H groups in total. The Balaban J connectivity index is 2.53. The fourth-order valence-electron chi connectivity index (χ4n) is 2.97. The van der Waals surface area contributed by atoms with Gasteiger partial charge in [-0.2, -0.15) is 0 Å². The van der Waals surface area contributed by atoms with Gasteiger partial charge in [0.1, 0.15) is 0 Å². The summed E-state index contributed by atoms with van der Waals surface area (Å²) < 4.78 is 11.0. The molecule has 1 heterocycles. The second-order valence-corrected chi connectivity index (χ2v) is 6.94. The van der Waals surface area contributed by atoms with E-state index in [0.29, 0.717) is 6.54 Å². The van der Waals surface area contributed by atoms with Crippen molar-refractivity contribution in [1.82, 2.24) is 4.90 Å². The van der Waals surface area contributed by atoms with Gasteiger partial charge in [0, 0.05) is 17.2 Å². The Kier molecular flexibility index (Phi) is 7.19. The highest BCUT2D eigenvalue weighted by Gasteiger charge is 2.49. The van der Waals surface area contributed by atoms with Crippen LogP contribution in [0.1, 0.15) is 19.4 Å². The molecule has 1 unspecified atom stereocenters. The average molecular weight is 471 g/mol. The molecule has 1 aliphatic heterocycles. The highest BCUT2D eigenvalue weighted by atomic mass is 127. The molecule has 1 aromatic carbocycles. The van der Waals surface area contributed by atoms with Gasteiger partial charge in [0.15, 0.2) is 5.92 Å². The zero-order chi connectivity index (χ0) is 19.3. The van der Waals surface area contributed by atoms with Gasteiger partial charge in [-0.1, -0.05) is 30.3 Å². The molecule has 6 nitrogen and oxygen atoms in total. The van der Waals surface area contributed by atoms with Crippen molar-refractivity contribution in [3.05, 3.63) is 41.5 Å². The Hall–Kier alpha value is -1.90. The molecule has 1 fully saturated rings. The summed E-state index contributed by atoms with van der Waals surface area (Å²) in [6.07, 6.45) is 0. The number of likely N-dealkylation sites (N-methyl/N-ethyl adjacent to an activating group) is 1.